The first-order chi connectivity index (χ1) is 9.88. The summed E-state index contributed by atoms with van der Waals surface area (Å²) in [6.45, 7) is -0.560. The fourth-order valence-electron chi connectivity index (χ4n) is 1.83. The maximum Gasteiger partial charge on any atom is 0.416 e. The molecule has 1 N–H and O–H groups in total. The van der Waals surface area contributed by atoms with Gasteiger partial charge in [-0.05, 0) is 23.8 Å². The Morgan fingerprint density at radius 2 is 1.81 bits per heavy atom. The number of ether oxygens (including phenoxy) is 1. The number of halogens is 3. The van der Waals surface area contributed by atoms with E-state index in [1.807, 2.05) is 0 Å². The SMILES string of the molecule is O=C(O)COc1ccccc1-c1cccc(C(F)(F)F)c1. The monoisotopic (exact) mass is 296 g/mol. The highest BCUT2D eigenvalue weighted by Gasteiger charge is 2.30. The van der Waals surface area contributed by atoms with Gasteiger partial charge < -0.3 is 9.84 Å². The number of para-hydroxylation sites is 1. The van der Waals surface area contributed by atoms with Gasteiger partial charge in [-0.15, -0.1) is 0 Å². The summed E-state index contributed by atoms with van der Waals surface area (Å²) >= 11 is 0. The van der Waals surface area contributed by atoms with Gasteiger partial charge in [-0.3, -0.25) is 0 Å². The van der Waals surface area contributed by atoms with E-state index >= 15 is 0 Å². The molecule has 0 heterocycles. The second-order valence-corrected chi connectivity index (χ2v) is 4.26. The van der Waals surface area contributed by atoms with Crippen molar-refractivity contribution in [2.45, 2.75) is 6.18 Å². The first-order valence-corrected chi connectivity index (χ1v) is 5.99. The van der Waals surface area contributed by atoms with E-state index in [2.05, 4.69) is 0 Å². The molecule has 2 aromatic carbocycles. The topological polar surface area (TPSA) is 46.5 Å². The zero-order chi connectivity index (χ0) is 15.5. The standard InChI is InChI=1S/C15H11F3O3/c16-15(17,18)11-5-3-4-10(8-11)12-6-1-2-7-13(12)21-9-14(19)20/h1-8H,9H2,(H,19,20). The Morgan fingerprint density at radius 3 is 2.48 bits per heavy atom. The quantitative estimate of drug-likeness (QED) is 0.932. The molecule has 3 nitrogen and oxygen atoms in total. The number of carboxylic acid groups (broad SMARTS) is 1. The van der Waals surface area contributed by atoms with Crippen molar-refractivity contribution in [3.8, 4) is 16.9 Å². The molecule has 0 aliphatic heterocycles. The van der Waals surface area contributed by atoms with Gasteiger partial charge in [0.2, 0.25) is 0 Å². The highest BCUT2D eigenvalue weighted by atomic mass is 19.4. The molecule has 2 aromatic rings. The van der Waals surface area contributed by atoms with Crippen molar-refractivity contribution >= 4 is 5.97 Å². The molecule has 0 unspecified atom stereocenters. The molecule has 0 saturated heterocycles. The zero-order valence-electron chi connectivity index (χ0n) is 10.7. The Hall–Kier alpha value is -2.50. The maximum atomic E-state index is 12.7. The Bertz CT molecular complexity index is 651. The number of hydrogen-bond donors (Lipinski definition) is 1. The van der Waals surface area contributed by atoms with Crippen molar-refractivity contribution in [3.05, 3.63) is 54.1 Å². The van der Waals surface area contributed by atoms with Crippen LogP contribution in [0.4, 0.5) is 13.2 Å². The summed E-state index contributed by atoms with van der Waals surface area (Å²) in [6, 6.07) is 11.1. The van der Waals surface area contributed by atoms with E-state index in [4.69, 9.17) is 9.84 Å². The van der Waals surface area contributed by atoms with Crippen molar-refractivity contribution < 1.29 is 27.8 Å². The lowest BCUT2D eigenvalue weighted by molar-refractivity contribution is -0.139. The summed E-state index contributed by atoms with van der Waals surface area (Å²) < 4.78 is 43.3. The van der Waals surface area contributed by atoms with Crippen LogP contribution in [0.15, 0.2) is 48.5 Å². The van der Waals surface area contributed by atoms with Crippen molar-refractivity contribution in [1.82, 2.24) is 0 Å². The van der Waals surface area contributed by atoms with E-state index in [1.54, 1.807) is 18.2 Å². The lowest BCUT2D eigenvalue weighted by Crippen LogP contribution is -2.10. The molecule has 0 spiro atoms. The minimum absolute atomic E-state index is 0.222. The van der Waals surface area contributed by atoms with Crippen LogP contribution in [0.5, 0.6) is 5.75 Å². The molecule has 6 heteroatoms. The van der Waals surface area contributed by atoms with Crippen LogP contribution < -0.4 is 4.74 Å². The van der Waals surface area contributed by atoms with E-state index in [9.17, 15) is 18.0 Å². The van der Waals surface area contributed by atoms with Gasteiger partial charge in [0.05, 0.1) is 5.56 Å². The molecule has 0 saturated carbocycles. The molecule has 0 bridgehead atoms. The second kappa shape index (κ2) is 5.87. The summed E-state index contributed by atoms with van der Waals surface area (Å²) in [5, 5.41) is 8.61. The highest BCUT2D eigenvalue weighted by Crippen LogP contribution is 2.35. The van der Waals surface area contributed by atoms with Crippen molar-refractivity contribution in [1.29, 1.82) is 0 Å². The molecule has 0 amide bonds. The second-order valence-electron chi connectivity index (χ2n) is 4.26. The number of carbonyl (C=O) groups is 1. The number of benzene rings is 2. The summed E-state index contributed by atoms with van der Waals surface area (Å²) in [4.78, 5) is 10.5. The third-order valence-electron chi connectivity index (χ3n) is 2.74. The predicted molar refractivity (Wildman–Crippen MR) is 70.0 cm³/mol. The molecule has 0 fully saturated rings. The van der Waals surface area contributed by atoms with E-state index < -0.39 is 24.3 Å². The van der Waals surface area contributed by atoms with E-state index in [0.717, 1.165) is 12.1 Å². The zero-order valence-corrected chi connectivity index (χ0v) is 10.7. The van der Waals surface area contributed by atoms with Crippen LogP contribution in [-0.4, -0.2) is 17.7 Å². The summed E-state index contributed by atoms with van der Waals surface area (Å²) in [5.41, 5.74) is -0.0521. The number of hydrogen-bond acceptors (Lipinski definition) is 2. The number of alkyl halides is 3. The molecular formula is C15H11F3O3. The number of carboxylic acids is 1. The lowest BCUT2D eigenvalue weighted by Gasteiger charge is -2.12. The summed E-state index contributed by atoms with van der Waals surface area (Å²) in [7, 11) is 0. The minimum atomic E-state index is -4.44. The number of rotatable bonds is 4. The van der Waals surface area contributed by atoms with Crippen molar-refractivity contribution in [2.75, 3.05) is 6.61 Å². The molecular weight excluding hydrogens is 285 g/mol. The van der Waals surface area contributed by atoms with Gasteiger partial charge in [-0.1, -0.05) is 30.3 Å². The normalized spacial score (nSPS) is 11.2. The van der Waals surface area contributed by atoms with Crippen LogP contribution in [0.1, 0.15) is 5.56 Å². The van der Waals surface area contributed by atoms with Crippen LogP contribution in [0.3, 0.4) is 0 Å². The smallest absolute Gasteiger partial charge is 0.416 e. The molecule has 0 aliphatic rings. The first-order valence-electron chi connectivity index (χ1n) is 5.99. The third-order valence-corrected chi connectivity index (χ3v) is 2.74. The third kappa shape index (κ3) is 3.75. The van der Waals surface area contributed by atoms with Gasteiger partial charge in [-0.25, -0.2) is 4.79 Å². The van der Waals surface area contributed by atoms with Crippen molar-refractivity contribution in [2.24, 2.45) is 0 Å². The fourth-order valence-corrected chi connectivity index (χ4v) is 1.83. The lowest BCUT2D eigenvalue weighted by atomic mass is 10.0. The molecule has 0 aromatic heterocycles. The largest absolute Gasteiger partial charge is 0.481 e. The molecule has 0 atom stereocenters. The van der Waals surface area contributed by atoms with Gasteiger partial charge in [0, 0.05) is 5.56 Å². The van der Waals surface area contributed by atoms with E-state index in [0.29, 0.717) is 11.1 Å². The summed E-state index contributed by atoms with van der Waals surface area (Å²) in [6.07, 6.45) is -4.44. The van der Waals surface area contributed by atoms with Gasteiger partial charge in [0.25, 0.3) is 0 Å². The average Bonchev–Trinajstić information content (AvgIpc) is 2.44. The molecule has 2 rings (SSSR count). The molecule has 0 aliphatic carbocycles. The Balaban J connectivity index is 2.40. The van der Waals surface area contributed by atoms with Gasteiger partial charge >= 0.3 is 12.1 Å². The van der Waals surface area contributed by atoms with Crippen LogP contribution in [-0.2, 0) is 11.0 Å². The molecule has 110 valence electrons. The van der Waals surface area contributed by atoms with Gasteiger partial charge in [0.1, 0.15) is 5.75 Å². The van der Waals surface area contributed by atoms with Crippen LogP contribution in [0.2, 0.25) is 0 Å². The van der Waals surface area contributed by atoms with Crippen LogP contribution >= 0.6 is 0 Å². The summed E-state index contributed by atoms with van der Waals surface area (Å²) in [5.74, 6) is -0.937. The Kier molecular flexibility index (Phi) is 4.16. The maximum absolute atomic E-state index is 12.7. The molecule has 0 radical (unpaired) electrons. The van der Waals surface area contributed by atoms with Gasteiger partial charge in [-0.2, -0.15) is 13.2 Å². The van der Waals surface area contributed by atoms with Crippen LogP contribution in [0.25, 0.3) is 11.1 Å². The van der Waals surface area contributed by atoms with Gasteiger partial charge in [0.15, 0.2) is 6.61 Å². The average molecular weight is 296 g/mol. The molecule has 21 heavy (non-hydrogen) atoms. The Morgan fingerprint density at radius 1 is 1.10 bits per heavy atom. The first kappa shape index (κ1) is 14.9. The van der Waals surface area contributed by atoms with Crippen LogP contribution in [0, 0.1) is 0 Å². The number of aliphatic carboxylic acids is 1. The highest BCUT2D eigenvalue weighted by molar-refractivity contribution is 5.73. The van der Waals surface area contributed by atoms with E-state index in [1.165, 1.54) is 18.2 Å². The van der Waals surface area contributed by atoms with E-state index in [-0.39, 0.29) is 5.75 Å². The minimum Gasteiger partial charge on any atom is -0.481 e. The fraction of sp³-hybridized carbons (Fsp3) is 0.133. The predicted octanol–water partition coefficient (Wildman–Crippen LogP) is 3.84. The van der Waals surface area contributed by atoms with Crippen molar-refractivity contribution in [3.63, 3.8) is 0 Å². The Labute approximate surface area is 118 Å².